The normalized spacial score (nSPS) is 11.4. The molecule has 0 aromatic heterocycles. The van der Waals surface area contributed by atoms with E-state index >= 15 is 0 Å². The summed E-state index contributed by atoms with van der Waals surface area (Å²) in [6, 6.07) is 10.2. The van der Waals surface area contributed by atoms with Crippen LogP contribution in [0.4, 0.5) is 5.69 Å². The maximum absolute atomic E-state index is 12.3. The lowest BCUT2D eigenvalue weighted by atomic mass is 10.2. The fourth-order valence-corrected chi connectivity index (χ4v) is 2.57. The summed E-state index contributed by atoms with van der Waals surface area (Å²) in [5.74, 6) is -0.518. The van der Waals surface area contributed by atoms with E-state index in [9.17, 15) is 9.59 Å². The molecule has 0 bridgehead atoms. The van der Waals surface area contributed by atoms with Crippen LogP contribution >= 0.6 is 11.6 Å². The van der Waals surface area contributed by atoms with Crippen LogP contribution in [0.1, 0.15) is 22.8 Å². The van der Waals surface area contributed by atoms with Crippen molar-refractivity contribution in [3.8, 4) is 11.5 Å². The van der Waals surface area contributed by atoms with E-state index in [1.54, 1.807) is 6.07 Å². The number of rotatable bonds is 6. The molecular weight excluding hydrogens is 358 g/mol. The molecule has 0 aliphatic rings. The van der Waals surface area contributed by atoms with Crippen LogP contribution in [0, 0.1) is 6.92 Å². The fourth-order valence-electron chi connectivity index (χ4n) is 2.28. The van der Waals surface area contributed by atoms with Gasteiger partial charge in [-0.1, -0.05) is 23.7 Å². The van der Waals surface area contributed by atoms with E-state index in [2.05, 4.69) is 5.32 Å². The first-order chi connectivity index (χ1) is 12.3. The molecule has 0 radical (unpaired) electrons. The number of methoxy groups -OCH3 is 2. The number of amides is 1. The lowest BCUT2D eigenvalue weighted by molar-refractivity contribution is -0.123. The van der Waals surface area contributed by atoms with Crippen molar-refractivity contribution in [3.63, 3.8) is 0 Å². The molecule has 2 rings (SSSR count). The molecule has 1 N–H and O–H groups in total. The first-order valence-corrected chi connectivity index (χ1v) is 8.23. The van der Waals surface area contributed by atoms with Crippen molar-refractivity contribution in [3.05, 3.63) is 52.5 Å². The van der Waals surface area contributed by atoms with Crippen molar-refractivity contribution < 1.29 is 23.8 Å². The summed E-state index contributed by atoms with van der Waals surface area (Å²) < 4.78 is 15.5. The van der Waals surface area contributed by atoms with Crippen LogP contribution in [0.5, 0.6) is 11.5 Å². The van der Waals surface area contributed by atoms with Gasteiger partial charge in [0.25, 0.3) is 5.91 Å². The molecular formula is C19H20ClNO5. The molecule has 0 heterocycles. The Balaban J connectivity index is 2.09. The third-order valence-electron chi connectivity index (χ3n) is 3.61. The molecule has 0 aliphatic heterocycles. The van der Waals surface area contributed by atoms with E-state index in [1.807, 2.05) is 25.1 Å². The maximum atomic E-state index is 12.3. The maximum Gasteiger partial charge on any atom is 0.339 e. The average molecular weight is 378 g/mol. The Kier molecular flexibility index (Phi) is 6.46. The smallest absolute Gasteiger partial charge is 0.339 e. The SMILES string of the molecule is COc1cc(C(=O)O[C@@H](C)C(=O)Nc2cccc(C)c2)cc(Cl)c1OC. The van der Waals surface area contributed by atoms with Crippen LogP contribution in [0.25, 0.3) is 0 Å². The van der Waals surface area contributed by atoms with Gasteiger partial charge in [0.05, 0.1) is 24.8 Å². The van der Waals surface area contributed by atoms with Gasteiger partial charge in [-0.2, -0.15) is 0 Å². The highest BCUT2D eigenvalue weighted by atomic mass is 35.5. The molecule has 0 unspecified atom stereocenters. The first-order valence-electron chi connectivity index (χ1n) is 7.85. The van der Waals surface area contributed by atoms with Crippen LogP contribution in [-0.2, 0) is 9.53 Å². The Morgan fingerprint density at radius 1 is 1.12 bits per heavy atom. The zero-order chi connectivity index (χ0) is 19.3. The number of ether oxygens (including phenoxy) is 3. The topological polar surface area (TPSA) is 73.9 Å². The van der Waals surface area contributed by atoms with E-state index in [0.29, 0.717) is 17.2 Å². The summed E-state index contributed by atoms with van der Waals surface area (Å²) in [6.45, 7) is 3.41. The second-order valence-corrected chi connectivity index (χ2v) is 6.01. The molecule has 7 heteroatoms. The zero-order valence-electron chi connectivity index (χ0n) is 15.0. The highest BCUT2D eigenvalue weighted by Crippen LogP contribution is 2.36. The number of carbonyl (C=O) groups excluding carboxylic acids is 2. The fraction of sp³-hybridized carbons (Fsp3) is 0.263. The Morgan fingerprint density at radius 3 is 2.46 bits per heavy atom. The number of nitrogens with one attached hydrogen (secondary N) is 1. The average Bonchev–Trinajstić information content (AvgIpc) is 2.60. The predicted molar refractivity (Wildman–Crippen MR) is 99.2 cm³/mol. The van der Waals surface area contributed by atoms with Gasteiger partial charge in [-0.3, -0.25) is 4.79 Å². The van der Waals surface area contributed by atoms with Crippen LogP contribution < -0.4 is 14.8 Å². The quantitative estimate of drug-likeness (QED) is 0.774. The molecule has 138 valence electrons. The molecule has 0 fully saturated rings. The van der Waals surface area contributed by atoms with Crippen LogP contribution in [-0.4, -0.2) is 32.2 Å². The third-order valence-corrected chi connectivity index (χ3v) is 3.89. The largest absolute Gasteiger partial charge is 0.493 e. The van der Waals surface area contributed by atoms with E-state index in [0.717, 1.165) is 5.56 Å². The van der Waals surface area contributed by atoms with Gasteiger partial charge in [0.1, 0.15) is 0 Å². The summed E-state index contributed by atoms with van der Waals surface area (Å²) in [6.07, 6.45) is -0.991. The minimum Gasteiger partial charge on any atom is -0.493 e. The summed E-state index contributed by atoms with van der Waals surface area (Å²) in [4.78, 5) is 24.6. The Bertz CT molecular complexity index is 822. The number of anilines is 1. The predicted octanol–water partition coefficient (Wildman–Crippen LogP) is 3.85. The summed E-state index contributed by atoms with van der Waals surface area (Å²) in [7, 11) is 2.88. The number of hydrogen-bond acceptors (Lipinski definition) is 5. The van der Waals surface area contributed by atoms with Crippen molar-refractivity contribution in [2.75, 3.05) is 19.5 Å². The van der Waals surface area contributed by atoms with Crippen LogP contribution in [0.2, 0.25) is 5.02 Å². The number of hydrogen-bond donors (Lipinski definition) is 1. The Hall–Kier alpha value is -2.73. The summed E-state index contributed by atoms with van der Waals surface area (Å²) in [5.41, 5.74) is 1.79. The van der Waals surface area contributed by atoms with Gasteiger partial charge in [-0.05, 0) is 43.7 Å². The van der Waals surface area contributed by atoms with Crippen molar-refractivity contribution in [1.29, 1.82) is 0 Å². The second-order valence-electron chi connectivity index (χ2n) is 5.60. The number of aryl methyl sites for hydroxylation is 1. The van der Waals surface area contributed by atoms with Gasteiger partial charge >= 0.3 is 5.97 Å². The van der Waals surface area contributed by atoms with Crippen molar-refractivity contribution in [2.24, 2.45) is 0 Å². The summed E-state index contributed by atoms with van der Waals surface area (Å²) in [5, 5.41) is 2.91. The summed E-state index contributed by atoms with van der Waals surface area (Å²) >= 11 is 6.09. The molecule has 0 spiro atoms. The third kappa shape index (κ3) is 4.67. The van der Waals surface area contributed by atoms with E-state index in [1.165, 1.54) is 33.3 Å². The molecule has 26 heavy (non-hydrogen) atoms. The standard InChI is InChI=1S/C19H20ClNO5/c1-11-6-5-7-14(8-11)21-18(22)12(2)26-19(23)13-9-15(20)17(25-4)16(10-13)24-3/h5-10,12H,1-4H3,(H,21,22)/t12-/m0/s1. The van der Waals surface area contributed by atoms with E-state index < -0.39 is 18.0 Å². The molecule has 2 aromatic carbocycles. The van der Waals surface area contributed by atoms with Gasteiger partial charge in [0.15, 0.2) is 17.6 Å². The Morgan fingerprint density at radius 2 is 1.85 bits per heavy atom. The van der Waals surface area contributed by atoms with Crippen molar-refractivity contribution in [1.82, 2.24) is 0 Å². The number of halogens is 1. The minimum atomic E-state index is -0.991. The Labute approximate surface area is 157 Å². The monoisotopic (exact) mass is 377 g/mol. The molecule has 1 amide bonds. The van der Waals surface area contributed by atoms with Crippen LogP contribution in [0.3, 0.4) is 0 Å². The number of esters is 1. The van der Waals surface area contributed by atoms with Gasteiger partial charge in [-0.15, -0.1) is 0 Å². The number of carbonyl (C=O) groups is 2. The minimum absolute atomic E-state index is 0.155. The van der Waals surface area contributed by atoms with E-state index in [4.69, 9.17) is 25.8 Å². The molecule has 1 atom stereocenters. The van der Waals surface area contributed by atoms with Crippen molar-refractivity contribution >= 4 is 29.2 Å². The second kappa shape index (κ2) is 8.58. The molecule has 0 saturated heterocycles. The van der Waals surface area contributed by atoms with E-state index in [-0.39, 0.29) is 10.6 Å². The van der Waals surface area contributed by atoms with Gasteiger partial charge in [-0.25, -0.2) is 4.79 Å². The molecule has 0 aliphatic carbocycles. The highest BCUT2D eigenvalue weighted by molar-refractivity contribution is 6.32. The van der Waals surface area contributed by atoms with Gasteiger partial charge in [0.2, 0.25) is 0 Å². The zero-order valence-corrected chi connectivity index (χ0v) is 15.7. The number of benzene rings is 2. The molecule has 2 aromatic rings. The highest BCUT2D eigenvalue weighted by Gasteiger charge is 2.21. The van der Waals surface area contributed by atoms with Crippen LogP contribution in [0.15, 0.2) is 36.4 Å². The molecule has 6 nitrogen and oxygen atoms in total. The molecule has 0 saturated carbocycles. The lowest BCUT2D eigenvalue weighted by Crippen LogP contribution is -2.30. The van der Waals surface area contributed by atoms with Gasteiger partial charge in [0, 0.05) is 5.69 Å². The lowest BCUT2D eigenvalue weighted by Gasteiger charge is -2.15. The van der Waals surface area contributed by atoms with Crippen molar-refractivity contribution in [2.45, 2.75) is 20.0 Å². The van der Waals surface area contributed by atoms with Gasteiger partial charge < -0.3 is 19.5 Å². The first kappa shape index (κ1) is 19.6.